The van der Waals surface area contributed by atoms with Crippen LogP contribution in [-0.4, -0.2) is 71.7 Å². The highest BCUT2D eigenvalue weighted by Gasteiger charge is 2.19. The standard InChI is InChI=1S/C15H26N4O2/c1-13(2)15-16-4-5-19(15)11-10-17-6-8-18(9-7-17)12-14(20)21-3/h4-5,13H,6-12H2,1-3H3. The summed E-state index contributed by atoms with van der Waals surface area (Å²) in [5.41, 5.74) is 0. The fraction of sp³-hybridized carbons (Fsp3) is 0.733. The van der Waals surface area contributed by atoms with Gasteiger partial charge in [0.1, 0.15) is 5.82 Å². The van der Waals surface area contributed by atoms with Crippen LogP contribution in [0.25, 0.3) is 0 Å². The molecular weight excluding hydrogens is 268 g/mol. The number of nitrogens with zero attached hydrogens (tertiary/aromatic N) is 4. The van der Waals surface area contributed by atoms with Gasteiger partial charge in [0.05, 0.1) is 13.7 Å². The van der Waals surface area contributed by atoms with Gasteiger partial charge in [-0.2, -0.15) is 0 Å². The van der Waals surface area contributed by atoms with E-state index in [9.17, 15) is 4.79 Å². The van der Waals surface area contributed by atoms with Gasteiger partial charge in [0.25, 0.3) is 0 Å². The summed E-state index contributed by atoms with van der Waals surface area (Å²) in [5.74, 6) is 1.46. The molecule has 6 nitrogen and oxygen atoms in total. The van der Waals surface area contributed by atoms with Crippen LogP contribution in [-0.2, 0) is 16.1 Å². The maximum atomic E-state index is 11.3. The van der Waals surface area contributed by atoms with Crippen LogP contribution >= 0.6 is 0 Å². The van der Waals surface area contributed by atoms with Crippen LogP contribution in [0.2, 0.25) is 0 Å². The normalized spacial score (nSPS) is 17.3. The average Bonchev–Trinajstić information content (AvgIpc) is 2.95. The van der Waals surface area contributed by atoms with Crippen molar-refractivity contribution in [1.29, 1.82) is 0 Å². The lowest BCUT2D eigenvalue weighted by Crippen LogP contribution is -2.48. The van der Waals surface area contributed by atoms with Crippen LogP contribution in [0, 0.1) is 0 Å². The molecule has 1 aromatic rings. The lowest BCUT2D eigenvalue weighted by atomic mass is 10.2. The van der Waals surface area contributed by atoms with Gasteiger partial charge in [0.2, 0.25) is 0 Å². The molecule has 0 aromatic carbocycles. The minimum absolute atomic E-state index is 0.150. The zero-order valence-corrected chi connectivity index (χ0v) is 13.3. The quantitative estimate of drug-likeness (QED) is 0.726. The Morgan fingerprint density at radius 3 is 2.52 bits per heavy atom. The number of carbonyl (C=O) groups excluding carboxylic acids is 1. The summed E-state index contributed by atoms with van der Waals surface area (Å²) in [5, 5.41) is 0. The van der Waals surface area contributed by atoms with E-state index in [4.69, 9.17) is 4.74 Å². The smallest absolute Gasteiger partial charge is 0.319 e. The molecule has 1 aromatic heterocycles. The second kappa shape index (κ2) is 7.56. The van der Waals surface area contributed by atoms with Gasteiger partial charge in [-0.1, -0.05) is 13.8 Å². The number of imidazole rings is 1. The van der Waals surface area contributed by atoms with E-state index in [-0.39, 0.29) is 5.97 Å². The predicted octanol–water partition coefficient (Wildman–Crippen LogP) is 0.797. The molecule has 0 saturated carbocycles. The molecule has 21 heavy (non-hydrogen) atoms. The molecule has 6 heteroatoms. The molecule has 1 aliphatic heterocycles. The molecule has 0 bridgehead atoms. The number of hydrogen-bond acceptors (Lipinski definition) is 5. The van der Waals surface area contributed by atoms with E-state index < -0.39 is 0 Å². The third-order valence-electron chi connectivity index (χ3n) is 3.97. The van der Waals surface area contributed by atoms with Gasteiger partial charge >= 0.3 is 5.97 Å². The van der Waals surface area contributed by atoms with Crippen LogP contribution in [0.1, 0.15) is 25.6 Å². The third kappa shape index (κ3) is 4.54. The molecule has 0 aliphatic carbocycles. The van der Waals surface area contributed by atoms with Crippen molar-refractivity contribution >= 4 is 5.97 Å². The Kier molecular flexibility index (Phi) is 5.76. The summed E-state index contributed by atoms with van der Waals surface area (Å²) >= 11 is 0. The van der Waals surface area contributed by atoms with Crippen molar-refractivity contribution < 1.29 is 9.53 Å². The number of aromatic nitrogens is 2. The second-order valence-electron chi connectivity index (χ2n) is 5.83. The zero-order valence-electron chi connectivity index (χ0n) is 13.3. The van der Waals surface area contributed by atoms with Gasteiger partial charge in [-0.25, -0.2) is 4.98 Å². The second-order valence-corrected chi connectivity index (χ2v) is 5.83. The number of methoxy groups -OCH3 is 1. The Morgan fingerprint density at radius 1 is 1.24 bits per heavy atom. The molecule has 118 valence electrons. The van der Waals surface area contributed by atoms with Crippen LogP contribution in [0.5, 0.6) is 0 Å². The minimum Gasteiger partial charge on any atom is -0.468 e. The van der Waals surface area contributed by atoms with Crippen molar-refractivity contribution in [1.82, 2.24) is 19.4 Å². The van der Waals surface area contributed by atoms with Crippen molar-refractivity contribution in [3.8, 4) is 0 Å². The third-order valence-corrected chi connectivity index (χ3v) is 3.97. The fourth-order valence-corrected chi connectivity index (χ4v) is 2.68. The molecule has 0 N–H and O–H groups in total. The summed E-state index contributed by atoms with van der Waals surface area (Å²) in [6.07, 6.45) is 3.94. The average molecular weight is 294 g/mol. The summed E-state index contributed by atoms with van der Waals surface area (Å²) < 4.78 is 6.95. The van der Waals surface area contributed by atoms with Gasteiger partial charge in [0, 0.05) is 57.6 Å². The van der Waals surface area contributed by atoms with Crippen molar-refractivity contribution in [2.45, 2.75) is 26.3 Å². The van der Waals surface area contributed by atoms with Crippen LogP contribution in [0.3, 0.4) is 0 Å². The van der Waals surface area contributed by atoms with Crippen LogP contribution in [0.15, 0.2) is 12.4 Å². The van der Waals surface area contributed by atoms with Crippen molar-refractivity contribution in [2.24, 2.45) is 0 Å². The number of hydrogen-bond donors (Lipinski definition) is 0. The molecule has 0 spiro atoms. The topological polar surface area (TPSA) is 50.6 Å². The fourth-order valence-electron chi connectivity index (χ4n) is 2.68. The molecule has 1 fully saturated rings. The van der Waals surface area contributed by atoms with E-state index in [2.05, 4.69) is 39.4 Å². The van der Waals surface area contributed by atoms with Crippen LogP contribution < -0.4 is 0 Å². The first-order valence-corrected chi connectivity index (χ1v) is 7.62. The highest BCUT2D eigenvalue weighted by molar-refractivity contribution is 5.71. The van der Waals surface area contributed by atoms with E-state index in [1.54, 1.807) is 0 Å². The number of esters is 1. The number of piperazine rings is 1. The highest BCUT2D eigenvalue weighted by Crippen LogP contribution is 2.12. The maximum Gasteiger partial charge on any atom is 0.319 e. The van der Waals surface area contributed by atoms with Gasteiger partial charge in [-0.15, -0.1) is 0 Å². The number of ether oxygens (including phenoxy) is 1. The first kappa shape index (κ1) is 16.0. The van der Waals surface area contributed by atoms with Gasteiger partial charge in [-0.3, -0.25) is 14.6 Å². The predicted molar refractivity (Wildman–Crippen MR) is 81.2 cm³/mol. The summed E-state index contributed by atoms with van der Waals surface area (Å²) in [6, 6.07) is 0. The van der Waals surface area contributed by atoms with Crippen molar-refractivity contribution in [3.63, 3.8) is 0 Å². The summed E-state index contributed by atoms with van der Waals surface area (Å²) in [6.45, 7) is 10.6. The molecule has 1 saturated heterocycles. The monoisotopic (exact) mass is 294 g/mol. The van der Waals surface area contributed by atoms with E-state index in [1.165, 1.54) is 7.11 Å². The van der Waals surface area contributed by atoms with E-state index >= 15 is 0 Å². The highest BCUT2D eigenvalue weighted by atomic mass is 16.5. The van der Waals surface area contributed by atoms with Crippen molar-refractivity contribution in [3.05, 3.63) is 18.2 Å². The Bertz CT molecular complexity index is 450. The zero-order chi connectivity index (χ0) is 15.2. The van der Waals surface area contributed by atoms with Gasteiger partial charge in [-0.05, 0) is 0 Å². The molecule has 1 aliphatic rings. The Hall–Kier alpha value is -1.40. The van der Waals surface area contributed by atoms with E-state index in [1.807, 2.05) is 6.20 Å². The number of rotatable bonds is 6. The summed E-state index contributed by atoms with van der Waals surface area (Å²) in [4.78, 5) is 20.3. The minimum atomic E-state index is -0.150. The van der Waals surface area contributed by atoms with Gasteiger partial charge < -0.3 is 9.30 Å². The Balaban J connectivity index is 1.74. The molecule has 0 radical (unpaired) electrons. The molecule has 0 atom stereocenters. The largest absolute Gasteiger partial charge is 0.468 e. The molecule has 2 rings (SSSR count). The summed E-state index contributed by atoms with van der Waals surface area (Å²) in [7, 11) is 1.44. The SMILES string of the molecule is COC(=O)CN1CCN(CCn2ccnc2C(C)C)CC1. The molecule has 0 unspecified atom stereocenters. The lowest BCUT2D eigenvalue weighted by Gasteiger charge is -2.34. The van der Waals surface area contributed by atoms with Gasteiger partial charge in [0.15, 0.2) is 0 Å². The van der Waals surface area contributed by atoms with E-state index in [0.717, 1.165) is 45.1 Å². The first-order chi connectivity index (χ1) is 10.1. The number of carbonyl (C=O) groups is 1. The lowest BCUT2D eigenvalue weighted by molar-refractivity contribution is -0.142. The molecule has 0 amide bonds. The first-order valence-electron chi connectivity index (χ1n) is 7.62. The Morgan fingerprint density at radius 2 is 1.90 bits per heavy atom. The van der Waals surface area contributed by atoms with Crippen LogP contribution in [0.4, 0.5) is 0 Å². The molecule has 2 heterocycles. The Labute approximate surface area is 126 Å². The maximum absolute atomic E-state index is 11.3. The molecular formula is C15H26N4O2. The van der Waals surface area contributed by atoms with Crippen molar-refractivity contribution in [2.75, 3.05) is 46.4 Å². The van der Waals surface area contributed by atoms with E-state index in [0.29, 0.717) is 12.5 Å².